The molecule has 0 radical (unpaired) electrons. The van der Waals surface area contributed by atoms with Gasteiger partial charge in [-0.15, -0.1) is 0 Å². The van der Waals surface area contributed by atoms with E-state index < -0.39 is 8.07 Å². The number of rotatable bonds is 7. The molecule has 3 aliphatic carbocycles. The van der Waals surface area contributed by atoms with E-state index >= 15 is 0 Å². The summed E-state index contributed by atoms with van der Waals surface area (Å²) >= 11 is 0. The van der Waals surface area contributed by atoms with E-state index in [9.17, 15) is 0 Å². The third kappa shape index (κ3) is 5.68. The Morgan fingerprint density at radius 1 is 0.933 bits per heavy atom. The maximum absolute atomic E-state index is 6.81. The Labute approximate surface area is 276 Å². The Balaban J connectivity index is 1.96. The summed E-state index contributed by atoms with van der Waals surface area (Å²) in [5, 5.41) is 4.41. The van der Waals surface area contributed by atoms with Gasteiger partial charge in [0.2, 0.25) is 0 Å². The smallest absolute Gasteiger partial charge is 0.122 e. The summed E-state index contributed by atoms with van der Waals surface area (Å²) in [6.45, 7) is 35.7. The largest absolute Gasteiger partial charge is 0.489 e. The maximum Gasteiger partial charge on any atom is 0.122 e. The highest BCUT2D eigenvalue weighted by Gasteiger charge is 2.54. The zero-order valence-corrected chi connectivity index (χ0v) is 31.8. The van der Waals surface area contributed by atoms with Crippen molar-refractivity contribution in [3.63, 3.8) is 0 Å². The van der Waals surface area contributed by atoms with Gasteiger partial charge in [-0.05, 0) is 85.1 Å². The summed E-state index contributed by atoms with van der Waals surface area (Å²) in [5.74, 6) is 1.14. The van der Waals surface area contributed by atoms with Crippen molar-refractivity contribution < 1.29 is 4.74 Å². The SMILES string of the molecule is C=CCOc1c(C(C)(C)C)cc(C)cc1[Si](CC)(CC)C1C2=CC(C)(C)CCC2=C2C1=c1ccc(C(C)(C)C)cc1=CC2(C)C. The fraction of sp³-hybridized carbons (Fsp3) is 0.535. The molecule has 0 N–H and O–H groups in total. The van der Waals surface area contributed by atoms with Crippen LogP contribution in [0.25, 0.3) is 11.6 Å². The summed E-state index contributed by atoms with van der Waals surface area (Å²) in [7, 11) is -2.30. The molecule has 0 fully saturated rings. The minimum absolute atomic E-state index is 0.0276. The molecule has 2 heteroatoms. The first-order valence-electron chi connectivity index (χ1n) is 17.6. The maximum atomic E-state index is 6.81. The number of ether oxygens (including phenoxy) is 1. The monoisotopic (exact) mass is 620 g/mol. The summed E-state index contributed by atoms with van der Waals surface area (Å²) in [5.41, 5.74) is 11.3. The summed E-state index contributed by atoms with van der Waals surface area (Å²) < 4.78 is 6.81. The highest BCUT2D eigenvalue weighted by molar-refractivity contribution is 6.95. The Bertz CT molecular complexity index is 1710. The minimum atomic E-state index is -2.30. The average molecular weight is 621 g/mol. The number of aryl methyl sites for hydroxylation is 1. The van der Waals surface area contributed by atoms with Crippen LogP contribution < -0.4 is 20.4 Å². The predicted molar refractivity (Wildman–Crippen MR) is 200 cm³/mol. The van der Waals surface area contributed by atoms with Crippen LogP contribution in [0.2, 0.25) is 17.6 Å². The van der Waals surface area contributed by atoms with Gasteiger partial charge in [-0.25, -0.2) is 0 Å². The molecule has 3 aliphatic rings. The first-order chi connectivity index (χ1) is 20.8. The molecule has 0 aliphatic heterocycles. The van der Waals surface area contributed by atoms with Gasteiger partial charge in [0, 0.05) is 11.0 Å². The molecule has 0 spiro atoms. The summed E-state index contributed by atoms with van der Waals surface area (Å²) in [6.07, 6.45) is 9.59. The van der Waals surface area contributed by atoms with E-state index in [1.807, 2.05) is 6.08 Å². The number of benzene rings is 2. The first kappa shape index (κ1) is 33.8. The second-order valence-electron chi connectivity index (χ2n) is 17.6. The molecule has 0 saturated carbocycles. The quantitative estimate of drug-likeness (QED) is 0.221. The van der Waals surface area contributed by atoms with Crippen LogP contribution in [0.5, 0.6) is 5.75 Å². The van der Waals surface area contributed by atoms with Crippen LogP contribution in [0.15, 0.2) is 65.8 Å². The Hall–Kier alpha value is -2.58. The van der Waals surface area contributed by atoms with Crippen molar-refractivity contribution in [3.8, 4) is 5.75 Å². The Morgan fingerprint density at radius 3 is 2.18 bits per heavy atom. The van der Waals surface area contributed by atoms with E-state index in [1.165, 1.54) is 57.2 Å². The van der Waals surface area contributed by atoms with Crippen molar-refractivity contribution in [3.05, 3.63) is 92.9 Å². The number of hydrogen-bond acceptors (Lipinski definition) is 1. The molecule has 0 saturated heterocycles. The molecule has 2 aromatic carbocycles. The molecule has 0 bridgehead atoms. The van der Waals surface area contributed by atoms with Crippen LogP contribution in [0.3, 0.4) is 0 Å². The molecule has 0 amide bonds. The number of hydrogen-bond donors (Lipinski definition) is 0. The molecule has 242 valence electrons. The molecule has 0 heterocycles. The van der Waals surface area contributed by atoms with Gasteiger partial charge in [0.15, 0.2) is 0 Å². The molecule has 5 rings (SSSR count). The van der Waals surface area contributed by atoms with Crippen LogP contribution in [0.4, 0.5) is 0 Å². The standard InChI is InChI=1S/C43H60OSi/c1-15-22-44-38-34(41(8,9)10)23-28(4)24-35(38)45(16-2,17-3)39-33-27-42(11,12)21-20-32(33)37-36(39)31-19-18-30(40(5,6)7)25-29(31)26-43(37,13)14/h15,18-19,23-27,39H,1,16-17,20-22H2,2-14H3. The third-order valence-electron chi connectivity index (χ3n) is 11.2. The number of allylic oxidation sites excluding steroid dienone is 4. The van der Waals surface area contributed by atoms with Crippen LogP contribution in [-0.2, 0) is 10.8 Å². The first-order valence-corrected chi connectivity index (χ1v) is 20.0. The van der Waals surface area contributed by atoms with Crippen molar-refractivity contribution in [2.45, 2.75) is 131 Å². The topological polar surface area (TPSA) is 9.23 Å². The minimum Gasteiger partial charge on any atom is -0.489 e. The Morgan fingerprint density at radius 2 is 1.60 bits per heavy atom. The molecule has 0 aromatic heterocycles. The normalized spacial score (nSPS) is 20.6. The molecule has 1 unspecified atom stereocenters. The van der Waals surface area contributed by atoms with Gasteiger partial charge in [0.1, 0.15) is 20.4 Å². The lowest BCUT2D eigenvalue weighted by atomic mass is 9.72. The molecule has 45 heavy (non-hydrogen) atoms. The van der Waals surface area contributed by atoms with Crippen molar-refractivity contribution in [2.24, 2.45) is 10.8 Å². The zero-order chi connectivity index (χ0) is 33.3. The van der Waals surface area contributed by atoms with Gasteiger partial charge in [-0.1, -0.05) is 156 Å². The number of fused-ring (bicyclic) bond motifs is 3. The van der Waals surface area contributed by atoms with Crippen molar-refractivity contribution in [1.29, 1.82) is 0 Å². The summed E-state index contributed by atoms with van der Waals surface area (Å²) in [4.78, 5) is 0. The van der Waals surface area contributed by atoms with Gasteiger partial charge in [-0.2, -0.15) is 0 Å². The third-order valence-corrected chi connectivity index (χ3v) is 16.9. The van der Waals surface area contributed by atoms with Gasteiger partial charge in [-0.3, -0.25) is 0 Å². The Kier molecular flexibility index (Phi) is 8.47. The van der Waals surface area contributed by atoms with Crippen LogP contribution in [0, 0.1) is 17.8 Å². The lowest BCUT2D eigenvalue weighted by molar-refractivity contribution is 0.353. The van der Waals surface area contributed by atoms with E-state index in [2.05, 4.69) is 139 Å². The van der Waals surface area contributed by atoms with E-state index in [-0.39, 0.29) is 21.7 Å². The van der Waals surface area contributed by atoms with Crippen molar-refractivity contribution in [2.75, 3.05) is 6.61 Å². The predicted octanol–water partition coefficient (Wildman–Crippen LogP) is 9.95. The van der Waals surface area contributed by atoms with Crippen LogP contribution in [-0.4, -0.2) is 14.7 Å². The average Bonchev–Trinajstić information content (AvgIpc) is 3.27. The van der Waals surface area contributed by atoms with Crippen LogP contribution >= 0.6 is 0 Å². The molecule has 2 aromatic rings. The van der Waals surface area contributed by atoms with Crippen molar-refractivity contribution >= 4 is 24.9 Å². The van der Waals surface area contributed by atoms with Crippen molar-refractivity contribution in [1.82, 2.24) is 0 Å². The van der Waals surface area contributed by atoms with E-state index in [4.69, 9.17) is 4.74 Å². The highest BCUT2D eigenvalue weighted by Crippen LogP contribution is 2.62. The zero-order valence-electron chi connectivity index (χ0n) is 30.8. The van der Waals surface area contributed by atoms with Gasteiger partial charge < -0.3 is 4.74 Å². The van der Waals surface area contributed by atoms with E-state index in [1.54, 1.807) is 22.3 Å². The second kappa shape index (κ2) is 11.3. The molecular formula is C43H60OSi. The molecule has 1 nitrogen and oxygen atoms in total. The van der Waals surface area contributed by atoms with Gasteiger partial charge >= 0.3 is 0 Å². The molecule has 1 atom stereocenters. The highest BCUT2D eigenvalue weighted by atomic mass is 28.3. The lowest BCUT2D eigenvalue weighted by Gasteiger charge is -2.43. The second-order valence-corrected chi connectivity index (χ2v) is 22.5. The fourth-order valence-electron chi connectivity index (χ4n) is 8.81. The fourth-order valence-corrected chi connectivity index (χ4v) is 14.1. The lowest BCUT2D eigenvalue weighted by Crippen LogP contribution is -2.54. The van der Waals surface area contributed by atoms with Gasteiger partial charge in [0.05, 0.1) is 0 Å². The van der Waals surface area contributed by atoms with E-state index in [0.29, 0.717) is 12.1 Å². The summed E-state index contributed by atoms with van der Waals surface area (Å²) in [6, 6.07) is 14.7. The van der Waals surface area contributed by atoms with Gasteiger partial charge in [0.25, 0.3) is 0 Å². The van der Waals surface area contributed by atoms with E-state index in [0.717, 1.165) is 5.75 Å². The van der Waals surface area contributed by atoms with Crippen LogP contribution in [0.1, 0.15) is 113 Å². The molecular weight excluding hydrogens is 561 g/mol.